The smallest absolute Gasteiger partial charge is 0.163 e. The number of methoxy groups -OCH3 is 3. The molecular weight excluding hydrogens is 462 g/mol. The van der Waals surface area contributed by atoms with Crippen LogP contribution in [0.2, 0.25) is 0 Å². The van der Waals surface area contributed by atoms with Gasteiger partial charge in [-0.05, 0) is 43.5 Å². The van der Waals surface area contributed by atoms with Crippen LogP contribution in [0.15, 0.2) is 22.7 Å². The Morgan fingerprint density at radius 3 is 2.71 bits per heavy atom. The van der Waals surface area contributed by atoms with Gasteiger partial charge in [0.05, 0.1) is 30.5 Å². The van der Waals surface area contributed by atoms with Crippen molar-refractivity contribution in [3.63, 3.8) is 0 Å². The summed E-state index contributed by atoms with van der Waals surface area (Å²) in [6.07, 6.45) is 1.73. The number of aryl methyl sites for hydroxylation is 1. The normalized spacial score (nSPS) is 14.4. The maximum absolute atomic E-state index is 5.48. The lowest BCUT2D eigenvalue weighted by Gasteiger charge is -2.22. The van der Waals surface area contributed by atoms with Gasteiger partial charge in [0, 0.05) is 50.2 Å². The Bertz CT molecular complexity index is 1070. The van der Waals surface area contributed by atoms with Crippen LogP contribution in [0.4, 0.5) is 11.5 Å². The van der Waals surface area contributed by atoms with Gasteiger partial charge in [0.15, 0.2) is 11.3 Å². The van der Waals surface area contributed by atoms with E-state index in [-0.39, 0.29) is 6.04 Å². The number of nitrogens with zero attached hydrogens (tertiary/aromatic N) is 5. The Morgan fingerprint density at radius 1 is 1.13 bits per heavy atom. The molecule has 0 saturated heterocycles. The fourth-order valence-electron chi connectivity index (χ4n) is 4.30. The summed E-state index contributed by atoms with van der Waals surface area (Å²) in [5, 5.41) is 9.06. The van der Waals surface area contributed by atoms with E-state index in [1.54, 1.807) is 21.3 Å². The van der Waals surface area contributed by atoms with Crippen LogP contribution >= 0.6 is 15.9 Å². The van der Waals surface area contributed by atoms with Crippen LogP contribution in [0.3, 0.4) is 0 Å². The van der Waals surface area contributed by atoms with Crippen LogP contribution in [0.5, 0.6) is 0 Å². The molecule has 3 aromatic rings. The first-order valence-corrected chi connectivity index (χ1v) is 11.1. The SMILES string of the molecule is COCCC(COC)n1nnc2c(N3CCc4cc(Br)cc(COC)c43)nc(C)cc21. The predicted molar refractivity (Wildman–Crippen MR) is 123 cm³/mol. The molecule has 8 nitrogen and oxygen atoms in total. The van der Waals surface area contributed by atoms with Crippen molar-refractivity contribution in [1.29, 1.82) is 0 Å². The van der Waals surface area contributed by atoms with Gasteiger partial charge in [-0.2, -0.15) is 0 Å². The molecule has 0 amide bonds. The number of rotatable bonds is 9. The van der Waals surface area contributed by atoms with Crippen molar-refractivity contribution in [1.82, 2.24) is 20.0 Å². The summed E-state index contributed by atoms with van der Waals surface area (Å²) in [5.74, 6) is 0.836. The molecule has 0 saturated carbocycles. The van der Waals surface area contributed by atoms with E-state index in [4.69, 9.17) is 19.2 Å². The van der Waals surface area contributed by atoms with Crippen LogP contribution in [-0.4, -0.2) is 61.1 Å². The van der Waals surface area contributed by atoms with Crippen LogP contribution in [0.25, 0.3) is 11.0 Å². The van der Waals surface area contributed by atoms with Gasteiger partial charge in [-0.15, -0.1) is 5.10 Å². The third kappa shape index (κ3) is 4.32. The van der Waals surface area contributed by atoms with Gasteiger partial charge in [-0.25, -0.2) is 9.67 Å². The van der Waals surface area contributed by atoms with Crippen molar-refractivity contribution in [3.05, 3.63) is 39.5 Å². The first kappa shape index (κ1) is 22.1. The van der Waals surface area contributed by atoms with Crippen molar-refractivity contribution in [3.8, 4) is 0 Å². The molecule has 0 spiro atoms. The highest BCUT2D eigenvalue weighted by molar-refractivity contribution is 9.10. The van der Waals surface area contributed by atoms with Gasteiger partial charge < -0.3 is 19.1 Å². The van der Waals surface area contributed by atoms with E-state index in [9.17, 15) is 0 Å². The van der Waals surface area contributed by atoms with Crippen molar-refractivity contribution in [2.45, 2.75) is 32.4 Å². The molecule has 31 heavy (non-hydrogen) atoms. The van der Waals surface area contributed by atoms with Crippen LogP contribution < -0.4 is 4.90 Å². The summed E-state index contributed by atoms with van der Waals surface area (Å²) < 4.78 is 19.2. The number of aromatic nitrogens is 4. The van der Waals surface area contributed by atoms with Gasteiger partial charge in [0.1, 0.15) is 0 Å². The first-order valence-electron chi connectivity index (χ1n) is 10.4. The van der Waals surface area contributed by atoms with Crippen molar-refractivity contribution in [2.75, 3.05) is 46.0 Å². The minimum absolute atomic E-state index is 0.0375. The van der Waals surface area contributed by atoms with Gasteiger partial charge in [0.25, 0.3) is 0 Å². The van der Waals surface area contributed by atoms with Gasteiger partial charge in [-0.3, -0.25) is 0 Å². The van der Waals surface area contributed by atoms with Gasteiger partial charge in [0.2, 0.25) is 0 Å². The van der Waals surface area contributed by atoms with E-state index in [0.29, 0.717) is 19.8 Å². The Morgan fingerprint density at radius 2 is 1.97 bits per heavy atom. The predicted octanol–water partition coefficient (Wildman–Crippen LogP) is 3.96. The Kier molecular flexibility index (Phi) is 6.86. The summed E-state index contributed by atoms with van der Waals surface area (Å²) in [7, 11) is 5.13. The number of hydrogen-bond acceptors (Lipinski definition) is 7. The molecule has 0 N–H and O–H groups in total. The molecule has 0 aliphatic carbocycles. The number of pyridine rings is 1. The third-order valence-electron chi connectivity index (χ3n) is 5.59. The lowest BCUT2D eigenvalue weighted by Crippen LogP contribution is -2.19. The molecule has 3 heterocycles. The van der Waals surface area contributed by atoms with Crippen LogP contribution in [0.1, 0.15) is 29.3 Å². The van der Waals surface area contributed by atoms with E-state index in [0.717, 1.165) is 57.7 Å². The highest BCUT2D eigenvalue weighted by Gasteiger charge is 2.29. The molecule has 1 atom stereocenters. The van der Waals surface area contributed by atoms with Crippen LogP contribution in [0, 0.1) is 6.92 Å². The number of hydrogen-bond donors (Lipinski definition) is 0. The molecule has 0 radical (unpaired) electrons. The van der Waals surface area contributed by atoms with Gasteiger partial charge >= 0.3 is 0 Å². The van der Waals surface area contributed by atoms with E-state index in [2.05, 4.69) is 43.3 Å². The molecule has 1 aromatic carbocycles. The molecule has 0 bridgehead atoms. The summed E-state index contributed by atoms with van der Waals surface area (Å²) in [6.45, 7) is 4.55. The van der Waals surface area contributed by atoms with E-state index in [1.807, 2.05) is 17.7 Å². The Balaban J connectivity index is 1.82. The van der Waals surface area contributed by atoms with Crippen molar-refractivity contribution >= 4 is 38.5 Å². The fourth-order valence-corrected chi connectivity index (χ4v) is 4.85. The van der Waals surface area contributed by atoms with E-state index in [1.165, 1.54) is 5.56 Å². The number of ether oxygens (including phenoxy) is 3. The number of anilines is 2. The summed E-state index contributed by atoms with van der Waals surface area (Å²) in [4.78, 5) is 7.14. The second-order valence-electron chi connectivity index (χ2n) is 7.79. The monoisotopic (exact) mass is 489 g/mol. The second-order valence-corrected chi connectivity index (χ2v) is 8.70. The third-order valence-corrected chi connectivity index (χ3v) is 6.05. The van der Waals surface area contributed by atoms with Gasteiger partial charge in [-0.1, -0.05) is 21.1 Å². The molecule has 1 unspecified atom stereocenters. The van der Waals surface area contributed by atoms with Crippen LogP contribution in [-0.2, 0) is 27.2 Å². The lowest BCUT2D eigenvalue weighted by molar-refractivity contribution is 0.117. The highest BCUT2D eigenvalue weighted by Crippen LogP contribution is 2.41. The molecule has 4 rings (SSSR count). The zero-order valence-electron chi connectivity index (χ0n) is 18.4. The average molecular weight is 490 g/mol. The first-order chi connectivity index (χ1) is 15.1. The summed E-state index contributed by atoms with van der Waals surface area (Å²) in [5.41, 5.74) is 6.25. The number of benzene rings is 1. The molecule has 1 aliphatic rings. The Labute approximate surface area is 190 Å². The molecule has 2 aromatic heterocycles. The van der Waals surface area contributed by atoms with Crippen molar-refractivity contribution in [2.24, 2.45) is 0 Å². The number of fused-ring (bicyclic) bond motifs is 2. The molecule has 166 valence electrons. The van der Waals surface area contributed by atoms with E-state index >= 15 is 0 Å². The standard InChI is InChI=1S/C22H28BrN5O3/c1-14-9-19-20(25-26-28(19)18(13-31-4)6-8-29-2)22(24-14)27-7-5-15-10-17(23)11-16(12-30-3)21(15)27/h9-11,18H,5-8,12-13H2,1-4H3. The van der Waals surface area contributed by atoms with Crippen molar-refractivity contribution < 1.29 is 14.2 Å². The lowest BCUT2D eigenvalue weighted by atomic mass is 10.1. The maximum Gasteiger partial charge on any atom is 0.163 e. The molecular formula is C22H28BrN5O3. The highest BCUT2D eigenvalue weighted by atomic mass is 79.9. The zero-order valence-corrected chi connectivity index (χ0v) is 20.0. The summed E-state index contributed by atoms with van der Waals surface area (Å²) in [6, 6.07) is 6.38. The Hall–Kier alpha value is -2.07. The zero-order chi connectivity index (χ0) is 22.0. The van der Waals surface area contributed by atoms with E-state index < -0.39 is 0 Å². The minimum Gasteiger partial charge on any atom is -0.385 e. The summed E-state index contributed by atoms with van der Waals surface area (Å²) >= 11 is 3.63. The average Bonchev–Trinajstić information content (AvgIpc) is 3.35. The fraction of sp³-hybridized carbons (Fsp3) is 0.500. The second kappa shape index (κ2) is 9.60. The largest absolute Gasteiger partial charge is 0.385 e. The molecule has 9 heteroatoms. The quantitative estimate of drug-likeness (QED) is 0.450. The number of halogens is 1. The topological polar surface area (TPSA) is 74.5 Å². The molecule has 0 fully saturated rings. The minimum atomic E-state index is 0.0375. The molecule has 1 aliphatic heterocycles. The maximum atomic E-state index is 5.48.